The molecule has 0 aliphatic rings. The van der Waals surface area contributed by atoms with Crippen LogP contribution in [0.15, 0.2) is 53.4 Å². The smallest absolute Gasteiger partial charge is 0.119 e. The van der Waals surface area contributed by atoms with Crippen molar-refractivity contribution in [2.45, 2.75) is 11.8 Å². The molecule has 0 saturated heterocycles. The van der Waals surface area contributed by atoms with E-state index in [4.69, 9.17) is 14.2 Å². The molecular weight excluding hydrogens is 284 g/mol. The fourth-order valence-corrected chi connectivity index (χ4v) is 2.52. The number of methoxy groups -OCH3 is 1. The second-order valence-electron chi connectivity index (χ2n) is 4.28. The summed E-state index contributed by atoms with van der Waals surface area (Å²) in [5, 5.41) is 0. The van der Waals surface area contributed by atoms with Crippen LogP contribution in [-0.2, 0) is 0 Å². The maximum Gasteiger partial charge on any atom is 0.119 e. The topological polar surface area (TPSA) is 27.7 Å². The van der Waals surface area contributed by atoms with E-state index in [9.17, 15) is 0 Å². The lowest BCUT2D eigenvalue weighted by molar-refractivity contribution is 0.332. The van der Waals surface area contributed by atoms with Crippen molar-refractivity contribution in [3.63, 3.8) is 0 Å². The van der Waals surface area contributed by atoms with Crippen molar-refractivity contribution in [3.05, 3.63) is 48.5 Å². The molecule has 112 valence electrons. The number of ether oxygens (including phenoxy) is 3. The molecule has 4 heteroatoms. The largest absolute Gasteiger partial charge is 0.497 e. The van der Waals surface area contributed by atoms with Gasteiger partial charge in [0, 0.05) is 10.6 Å². The van der Waals surface area contributed by atoms with Crippen molar-refractivity contribution in [3.8, 4) is 17.2 Å². The van der Waals surface area contributed by atoms with Gasteiger partial charge < -0.3 is 14.2 Å². The Morgan fingerprint density at radius 3 is 1.95 bits per heavy atom. The highest BCUT2D eigenvalue weighted by molar-refractivity contribution is 7.99. The zero-order valence-corrected chi connectivity index (χ0v) is 13.2. The van der Waals surface area contributed by atoms with Gasteiger partial charge >= 0.3 is 0 Å². The van der Waals surface area contributed by atoms with E-state index in [1.165, 1.54) is 4.90 Å². The molecule has 0 fully saturated rings. The monoisotopic (exact) mass is 304 g/mol. The van der Waals surface area contributed by atoms with Gasteiger partial charge in [0.2, 0.25) is 0 Å². The van der Waals surface area contributed by atoms with Crippen LogP contribution in [0, 0.1) is 0 Å². The Morgan fingerprint density at radius 1 is 0.810 bits per heavy atom. The van der Waals surface area contributed by atoms with Crippen molar-refractivity contribution >= 4 is 11.8 Å². The lowest BCUT2D eigenvalue weighted by atomic mass is 10.3. The average Bonchev–Trinajstić information content (AvgIpc) is 2.54. The van der Waals surface area contributed by atoms with Crippen LogP contribution in [0.2, 0.25) is 0 Å². The molecule has 3 nitrogen and oxygen atoms in total. The number of thioether (sulfide) groups is 1. The Bertz CT molecular complexity index is 523. The van der Waals surface area contributed by atoms with Crippen LogP contribution in [0.1, 0.15) is 6.92 Å². The van der Waals surface area contributed by atoms with Gasteiger partial charge in [0.05, 0.1) is 20.3 Å². The molecule has 0 aromatic heterocycles. The lowest BCUT2D eigenvalue weighted by Crippen LogP contribution is -2.00. The Labute approximate surface area is 130 Å². The molecule has 21 heavy (non-hydrogen) atoms. The molecule has 2 aromatic rings. The first-order chi connectivity index (χ1) is 10.3. The van der Waals surface area contributed by atoms with Crippen LogP contribution in [0.25, 0.3) is 0 Å². The highest BCUT2D eigenvalue weighted by atomic mass is 32.2. The zero-order chi connectivity index (χ0) is 14.9. The number of rotatable bonds is 8. The molecule has 0 N–H and O–H groups in total. The fraction of sp³-hybridized carbons (Fsp3) is 0.294. The van der Waals surface area contributed by atoms with Crippen LogP contribution < -0.4 is 14.2 Å². The molecule has 0 unspecified atom stereocenters. The molecule has 0 bridgehead atoms. The molecule has 0 aliphatic carbocycles. The maximum atomic E-state index is 5.70. The molecule has 2 aromatic carbocycles. The van der Waals surface area contributed by atoms with Gasteiger partial charge in [-0.05, 0) is 55.5 Å². The summed E-state index contributed by atoms with van der Waals surface area (Å²) in [5.74, 6) is 3.52. The Morgan fingerprint density at radius 2 is 1.38 bits per heavy atom. The van der Waals surface area contributed by atoms with E-state index < -0.39 is 0 Å². The molecule has 2 rings (SSSR count). The van der Waals surface area contributed by atoms with Crippen LogP contribution >= 0.6 is 11.8 Å². The first-order valence-electron chi connectivity index (χ1n) is 6.94. The first-order valence-corrected chi connectivity index (χ1v) is 7.93. The summed E-state index contributed by atoms with van der Waals surface area (Å²) in [6.07, 6.45) is 0. The van der Waals surface area contributed by atoms with E-state index in [1.807, 2.05) is 43.3 Å². The first kappa shape index (κ1) is 15.6. The minimum absolute atomic E-state index is 0.671. The minimum Gasteiger partial charge on any atom is -0.497 e. The Balaban J connectivity index is 1.71. The third kappa shape index (κ3) is 5.23. The predicted molar refractivity (Wildman–Crippen MR) is 86.8 cm³/mol. The third-order valence-electron chi connectivity index (χ3n) is 2.81. The molecule has 0 saturated carbocycles. The lowest BCUT2D eigenvalue weighted by Gasteiger charge is -2.08. The number of hydrogen-bond acceptors (Lipinski definition) is 4. The Hall–Kier alpha value is -1.81. The van der Waals surface area contributed by atoms with Crippen LogP contribution in [0.5, 0.6) is 17.2 Å². The SMILES string of the molecule is CCOc1ccc(OCCSc2ccc(OC)cc2)cc1. The standard InChI is InChI=1S/C17H20O3S/c1-3-19-15-4-6-16(7-5-15)20-12-13-21-17-10-8-14(18-2)9-11-17/h4-11H,3,12-13H2,1-2H3. The van der Waals surface area contributed by atoms with E-state index >= 15 is 0 Å². The van der Waals surface area contributed by atoms with E-state index in [2.05, 4.69) is 12.1 Å². The fourth-order valence-electron chi connectivity index (χ4n) is 1.79. The van der Waals surface area contributed by atoms with E-state index in [0.717, 1.165) is 23.0 Å². The predicted octanol–water partition coefficient (Wildman–Crippen LogP) is 4.27. The van der Waals surface area contributed by atoms with Crippen molar-refractivity contribution in [1.29, 1.82) is 0 Å². The van der Waals surface area contributed by atoms with E-state index in [0.29, 0.717) is 13.2 Å². The molecule has 0 amide bonds. The third-order valence-corrected chi connectivity index (χ3v) is 3.79. The summed E-state index contributed by atoms with van der Waals surface area (Å²) < 4.78 is 16.2. The number of hydrogen-bond donors (Lipinski definition) is 0. The summed E-state index contributed by atoms with van der Waals surface area (Å²) >= 11 is 1.76. The van der Waals surface area contributed by atoms with Crippen molar-refractivity contribution < 1.29 is 14.2 Å². The number of benzene rings is 2. The van der Waals surface area contributed by atoms with Crippen LogP contribution in [0.3, 0.4) is 0 Å². The van der Waals surface area contributed by atoms with Gasteiger partial charge in [-0.3, -0.25) is 0 Å². The average molecular weight is 304 g/mol. The van der Waals surface area contributed by atoms with Gasteiger partial charge in [0.15, 0.2) is 0 Å². The molecule has 0 aliphatic heterocycles. The summed E-state index contributed by atoms with van der Waals surface area (Å²) in [7, 11) is 1.67. The maximum absolute atomic E-state index is 5.70. The second-order valence-corrected chi connectivity index (χ2v) is 5.45. The highest BCUT2D eigenvalue weighted by Gasteiger charge is 1.98. The molecule has 0 radical (unpaired) electrons. The van der Waals surface area contributed by atoms with Gasteiger partial charge in [-0.2, -0.15) is 0 Å². The van der Waals surface area contributed by atoms with Gasteiger partial charge in [-0.15, -0.1) is 11.8 Å². The van der Waals surface area contributed by atoms with Crippen molar-refractivity contribution in [2.75, 3.05) is 26.1 Å². The van der Waals surface area contributed by atoms with Crippen LogP contribution in [-0.4, -0.2) is 26.1 Å². The minimum atomic E-state index is 0.671. The van der Waals surface area contributed by atoms with E-state index in [-0.39, 0.29) is 0 Å². The summed E-state index contributed by atoms with van der Waals surface area (Å²) in [5.41, 5.74) is 0. The van der Waals surface area contributed by atoms with Crippen molar-refractivity contribution in [2.24, 2.45) is 0 Å². The summed E-state index contributed by atoms with van der Waals surface area (Å²) in [6, 6.07) is 15.8. The van der Waals surface area contributed by atoms with Gasteiger partial charge in [-0.1, -0.05) is 0 Å². The van der Waals surface area contributed by atoms with Gasteiger partial charge in [0.1, 0.15) is 17.2 Å². The summed E-state index contributed by atoms with van der Waals surface area (Å²) in [4.78, 5) is 1.21. The molecule has 0 heterocycles. The van der Waals surface area contributed by atoms with Crippen molar-refractivity contribution in [1.82, 2.24) is 0 Å². The molecule has 0 spiro atoms. The highest BCUT2D eigenvalue weighted by Crippen LogP contribution is 2.22. The van der Waals surface area contributed by atoms with E-state index in [1.54, 1.807) is 18.9 Å². The molecular formula is C17H20O3S. The van der Waals surface area contributed by atoms with Gasteiger partial charge in [0.25, 0.3) is 0 Å². The van der Waals surface area contributed by atoms with Crippen LogP contribution in [0.4, 0.5) is 0 Å². The normalized spacial score (nSPS) is 10.2. The second kappa shape index (κ2) is 8.47. The zero-order valence-electron chi connectivity index (χ0n) is 12.4. The molecule has 0 atom stereocenters. The quantitative estimate of drug-likeness (QED) is 0.538. The Kier molecular flexibility index (Phi) is 6.28. The van der Waals surface area contributed by atoms with Gasteiger partial charge in [-0.25, -0.2) is 0 Å². The summed E-state index contributed by atoms with van der Waals surface area (Å²) in [6.45, 7) is 3.32.